The number of rotatable bonds is 2. The Kier molecular flexibility index (Phi) is 3.09. The molecule has 4 aromatic rings. The van der Waals surface area contributed by atoms with Crippen molar-refractivity contribution in [3.05, 3.63) is 65.8 Å². The maximum Gasteiger partial charge on any atom is 0.123 e. The predicted molar refractivity (Wildman–Crippen MR) is 91.3 cm³/mol. The Morgan fingerprint density at radius 3 is 2.50 bits per heavy atom. The van der Waals surface area contributed by atoms with Crippen LogP contribution in [0.15, 0.2) is 60.0 Å². The van der Waals surface area contributed by atoms with Crippen molar-refractivity contribution in [2.75, 3.05) is 7.11 Å². The molecule has 0 radical (unpaired) electrons. The number of fused-ring (bicyclic) bond motifs is 3. The minimum Gasteiger partial charge on any atom is -0.497 e. The van der Waals surface area contributed by atoms with Gasteiger partial charge in [-0.3, -0.25) is 0 Å². The molecule has 1 nitrogen and oxygen atoms in total. The highest BCUT2D eigenvalue weighted by atomic mass is 32.1. The average Bonchev–Trinajstić information content (AvgIpc) is 3.02. The van der Waals surface area contributed by atoms with E-state index in [1.165, 1.54) is 16.2 Å². The van der Waals surface area contributed by atoms with Gasteiger partial charge in [0.25, 0.3) is 0 Å². The van der Waals surface area contributed by atoms with Crippen molar-refractivity contribution in [3.63, 3.8) is 0 Å². The lowest BCUT2D eigenvalue weighted by atomic mass is 9.96. The zero-order valence-electron chi connectivity index (χ0n) is 12.0. The maximum absolute atomic E-state index is 13.8. The van der Waals surface area contributed by atoms with E-state index in [9.17, 15) is 4.39 Å². The molecule has 0 atom stereocenters. The van der Waals surface area contributed by atoms with E-state index in [4.69, 9.17) is 4.74 Å². The van der Waals surface area contributed by atoms with Gasteiger partial charge in [0.2, 0.25) is 0 Å². The van der Waals surface area contributed by atoms with Crippen LogP contribution in [-0.4, -0.2) is 7.11 Å². The summed E-state index contributed by atoms with van der Waals surface area (Å²) >= 11 is 1.69. The van der Waals surface area contributed by atoms with Crippen LogP contribution in [0.2, 0.25) is 0 Å². The first-order valence-corrected chi connectivity index (χ1v) is 7.88. The van der Waals surface area contributed by atoms with Crippen molar-refractivity contribution in [1.82, 2.24) is 0 Å². The van der Waals surface area contributed by atoms with Gasteiger partial charge in [0.1, 0.15) is 11.6 Å². The molecule has 0 unspecified atom stereocenters. The standard InChI is InChI=1S/C19H13FOS/c1-21-15-5-2-12(3-6-15)17-10-13-8-9-22-19(13)16-7-4-14(20)11-18(16)17/h2-11H,1H3. The normalized spacial score (nSPS) is 11.2. The summed E-state index contributed by atoms with van der Waals surface area (Å²) < 4.78 is 20.2. The van der Waals surface area contributed by atoms with Gasteiger partial charge < -0.3 is 4.74 Å². The summed E-state index contributed by atoms with van der Waals surface area (Å²) in [5.41, 5.74) is 2.10. The van der Waals surface area contributed by atoms with Gasteiger partial charge in [0.05, 0.1) is 7.11 Å². The lowest BCUT2D eigenvalue weighted by molar-refractivity contribution is 0.415. The van der Waals surface area contributed by atoms with Crippen LogP contribution in [-0.2, 0) is 0 Å². The molecular formula is C19H13FOS. The van der Waals surface area contributed by atoms with Crippen LogP contribution >= 0.6 is 11.3 Å². The summed E-state index contributed by atoms with van der Waals surface area (Å²) in [7, 11) is 1.65. The quantitative estimate of drug-likeness (QED) is 0.450. The number of benzene rings is 3. The fourth-order valence-electron chi connectivity index (χ4n) is 2.83. The molecule has 22 heavy (non-hydrogen) atoms. The Balaban J connectivity index is 2.06. The second-order valence-corrected chi connectivity index (χ2v) is 6.10. The van der Waals surface area contributed by atoms with Gasteiger partial charge in [0.15, 0.2) is 0 Å². The minimum absolute atomic E-state index is 0.210. The Morgan fingerprint density at radius 1 is 0.909 bits per heavy atom. The third kappa shape index (κ3) is 2.06. The van der Waals surface area contributed by atoms with E-state index in [1.54, 1.807) is 24.5 Å². The fraction of sp³-hybridized carbons (Fsp3) is 0.0526. The van der Waals surface area contributed by atoms with Crippen molar-refractivity contribution in [2.24, 2.45) is 0 Å². The molecule has 4 rings (SSSR count). The molecule has 0 aliphatic heterocycles. The highest BCUT2D eigenvalue weighted by molar-refractivity contribution is 7.18. The fourth-order valence-corrected chi connectivity index (χ4v) is 3.75. The van der Waals surface area contributed by atoms with Gasteiger partial charge in [-0.05, 0) is 63.7 Å². The number of halogens is 1. The third-order valence-electron chi connectivity index (χ3n) is 3.91. The molecule has 108 valence electrons. The van der Waals surface area contributed by atoms with Crippen molar-refractivity contribution < 1.29 is 9.13 Å². The average molecular weight is 308 g/mol. The summed E-state index contributed by atoms with van der Waals surface area (Å²) in [5.74, 6) is 0.606. The molecule has 0 aliphatic rings. The number of hydrogen-bond donors (Lipinski definition) is 0. The van der Waals surface area contributed by atoms with Crippen LogP contribution in [0.25, 0.3) is 32.0 Å². The molecule has 0 amide bonds. The number of ether oxygens (including phenoxy) is 1. The minimum atomic E-state index is -0.210. The Bertz CT molecular complexity index is 970. The zero-order chi connectivity index (χ0) is 15.1. The van der Waals surface area contributed by atoms with Crippen molar-refractivity contribution in [3.8, 4) is 16.9 Å². The van der Waals surface area contributed by atoms with Gasteiger partial charge in [-0.15, -0.1) is 11.3 Å². The van der Waals surface area contributed by atoms with Crippen LogP contribution in [0, 0.1) is 5.82 Å². The monoisotopic (exact) mass is 308 g/mol. The molecule has 0 spiro atoms. The molecule has 0 bridgehead atoms. The molecule has 0 N–H and O–H groups in total. The first-order chi connectivity index (χ1) is 10.8. The summed E-state index contributed by atoms with van der Waals surface area (Å²) in [4.78, 5) is 0. The largest absolute Gasteiger partial charge is 0.497 e. The number of thiophene rings is 1. The van der Waals surface area contributed by atoms with E-state index in [2.05, 4.69) is 17.5 Å². The molecule has 0 saturated carbocycles. The highest BCUT2D eigenvalue weighted by Gasteiger charge is 2.10. The molecule has 1 heterocycles. The topological polar surface area (TPSA) is 9.23 Å². The van der Waals surface area contributed by atoms with Crippen LogP contribution < -0.4 is 4.74 Å². The molecule has 0 aliphatic carbocycles. The smallest absolute Gasteiger partial charge is 0.123 e. The zero-order valence-corrected chi connectivity index (χ0v) is 12.8. The van der Waals surface area contributed by atoms with E-state index < -0.39 is 0 Å². The molecular weight excluding hydrogens is 295 g/mol. The Labute approximate surface area is 131 Å². The first-order valence-electron chi connectivity index (χ1n) is 7.00. The van der Waals surface area contributed by atoms with E-state index in [1.807, 2.05) is 30.3 Å². The second kappa shape index (κ2) is 5.11. The van der Waals surface area contributed by atoms with Crippen molar-refractivity contribution in [2.45, 2.75) is 0 Å². The third-order valence-corrected chi connectivity index (χ3v) is 4.88. The van der Waals surface area contributed by atoms with Crippen LogP contribution in [0.1, 0.15) is 0 Å². The SMILES string of the molecule is COc1ccc(-c2cc3ccsc3c3ccc(F)cc23)cc1. The van der Waals surface area contributed by atoms with E-state index in [0.717, 1.165) is 27.6 Å². The van der Waals surface area contributed by atoms with Crippen LogP contribution in [0.4, 0.5) is 4.39 Å². The number of hydrogen-bond acceptors (Lipinski definition) is 2. The molecule has 1 aromatic heterocycles. The van der Waals surface area contributed by atoms with E-state index >= 15 is 0 Å². The summed E-state index contributed by atoms with van der Waals surface area (Å²) in [6.45, 7) is 0. The Morgan fingerprint density at radius 2 is 1.73 bits per heavy atom. The molecule has 3 heteroatoms. The van der Waals surface area contributed by atoms with Gasteiger partial charge >= 0.3 is 0 Å². The van der Waals surface area contributed by atoms with Crippen LogP contribution in [0.3, 0.4) is 0 Å². The highest BCUT2D eigenvalue weighted by Crippen LogP contribution is 2.38. The van der Waals surface area contributed by atoms with Crippen molar-refractivity contribution in [1.29, 1.82) is 0 Å². The predicted octanol–water partition coefficient (Wildman–Crippen LogP) is 5.87. The lowest BCUT2D eigenvalue weighted by Crippen LogP contribution is -1.86. The second-order valence-electron chi connectivity index (χ2n) is 5.18. The maximum atomic E-state index is 13.8. The molecule has 0 fully saturated rings. The van der Waals surface area contributed by atoms with Gasteiger partial charge in [-0.25, -0.2) is 4.39 Å². The van der Waals surface area contributed by atoms with Gasteiger partial charge in [0, 0.05) is 10.1 Å². The summed E-state index contributed by atoms with van der Waals surface area (Å²) in [6, 6.07) is 17.1. The van der Waals surface area contributed by atoms with E-state index in [-0.39, 0.29) is 5.82 Å². The van der Waals surface area contributed by atoms with E-state index in [0.29, 0.717) is 0 Å². The lowest BCUT2D eigenvalue weighted by Gasteiger charge is -2.10. The van der Waals surface area contributed by atoms with Gasteiger partial charge in [-0.2, -0.15) is 0 Å². The molecule has 0 saturated heterocycles. The number of methoxy groups -OCH3 is 1. The van der Waals surface area contributed by atoms with Gasteiger partial charge in [-0.1, -0.05) is 18.2 Å². The van der Waals surface area contributed by atoms with Crippen LogP contribution in [0.5, 0.6) is 5.75 Å². The molecule has 3 aromatic carbocycles. The summed E-state index contributed by atoms with van der Waals surface area (Å²) in [6.07, 6.45) is 0. The Hall–Kier alpha value is -2.39. The first kappa shape index (κ1) is 13.3. The van der Waals surface area contributed by atoms with Crippen molar-refractivity contribution >= 4 is 32.2 Å². The summed E-state index contributed by atoms with van der Waals surface area (Å²) in [5, 5.41) is 5.31.